The molecule has 7 heteroatoms. The van der Waals surface area contributed by atoms with Crippen LogP contribution in [0.4, 0.5) is 5.69 Å². The number of hydrogen-bond acceptors (Lipinski definition) is 3. The number of anilines is 1. The highest BCUT2D eigenvalue weighted by atomic mass is 35.5. The van der Waals surface area contributed by atoms with Crippen molar-refractivity contribution < 1.29 is 13.2 Å². The highest BCUT2D eigenvalue weighted by Gasteiger charge is 2.30. The lowest BCUT2D eigenvalue weighted by Gasteiger charge is -2.30. The zero-order valence-electron chi connectivity index (χ0n) is 13.5. The first-order valence-corrected chi connectivity index (χ1v) is 10.1. The van der Waals surface area contributed by atoms with Crippen molar-refractivity contribution in [1.29, 1.82) is 0 Å². The molecular weight excluding hydrogens is 336 g/mol. The van der Waals surface area contributed by atoms with Crippen molar-refractivity contribution in [3.05, 3.63) is 29.3 Å². The lowest BCUT2D eigenvalue weighted by molar-refractivity contribution is -0.122. The second kappa shape index (κ2) is 7.53. The minimum Gasteiger partial charge on any atom is -0.352 e. The van der Waals surface area contributed by atoms with Gasteiger partial charge in [-0.3, -0.25) is 9.10 Å². The van der Waals surface area contributed by atoms with Crippen LogP contribution in [0.25, 0.3) is 0 Å². The number of carbonyl (C=O) groups is 1. The molecule has 1 aromatic carbocycles. The first kappa shape index (κ1) is 18.1. The molecule has 1 aliphatic rings. The molecule has 1 atom stereocenters. The number of sulfonamides is 1. The Morgan fingerprint density at radius 2 is 1.78 bits per heavy atom. The van der Waals surface area contributed by atoms with Crippen LogP contribution in [0.5, 0.6) is 0 Å². The Labute approximate surface area is 143 Å². The predicted octanol–water partition coefficient (Wildman–Crippen LogP) is 2.94. The van der Waals surface area contributed by atoms with E-state index in [0.717, 1.165) is 36.2 Å². The summed E-state index contributed by atoms with van der Waals surface area (Å²) in [6, 6.07) is 5.77. The molecular formula is C16H23ClN2O3S. The number of nitrogens with one attached hydrogen (secondary N) is 1. The summed E-state index contributed by atoms with van der Waals surface area (Å²) in [5, 5.41) is 3.50. The average Bonchev–Trinajstić information content (AvgIpc) is 2.49. The third-order valence-electron chi connectivity index (χ3n) is 4.12. The molecule has 5 nitrogen and oxygen atoms in total. The van der Waals surface area contributed by atoms with E-state index < -0.39 is 16.1 Å². The molecule has 0 spiro atoms. The first-order chi connectivity index (χ1) is 10.8. The fraction of sp³-hybridized carbons (Fsp3) is 0.562. The summed E-state index contributed by atoms with van der Waals surface area (Å²) in [7, 11) is -3.59. The zero-order valence-corrected chi connectivity index (χ0v) is 15.0. The van der Waals surface area contributed by atoms with Crippen LogP contribution >= 0.6 is 11.6 Å². The Balaban J connectivity index is 2.17. The van der Waals surface area contributed by atoms with Crippen molar-refractivity contribution in [3.8, 4) is 0 Å². The molecule has 23 heavy (non-hydrogen) atoms. The summed E-state index contributed by atoms with van der Waals surface area (Å²) in [6.45, 7) is 1.60. The van der Waals surface area contributed by atoms with Crippen LogP contribution < -0.4 is 9.62 Å². The molecule has 128 valence electrons. The number of carbonyl (C=O) groups excluding carboxylic acids is 1. The predicted molar refractivity (Wildman–Crippen MR) is 93.3 cm³/mol. The van der Waals surface area contributed by atoms with Crippen LogP contribution in [0.2, 0.25) is 5.02 Å². The van der Waals surface area contributed by atoms with Crippen LogP contribution in [-0.4, -0.2) is 32.7 Å². The van der Waals surface area contributed by atoms with Gasteiger partial charge >= 0.3 is 0 Å². The van der Waals surface area contributed by atoms with Gasteiger partial charge in [-0.2, -0.15) is 0 Å². The maximum atomic E-state index is 12.5. The van der Waals surface area contributed by atoms with Gasteiger partial charge in [-0.25, -0.2) is 8.42 Å². The van der Waals surface area contributed by atoms with E-state index in [0.29, 0.717) is 10.7 Å². The molecule has 1 saturated carbocycles. The van der Waals surface area contributed by atoms with Gasteiger partial charge in [0.05, 0.1) is 11.9 Å². The summed E-state index contributed by atoms with van der Waals surface area (Å²) < 4.78 is 25.5. The maximum absolute atomic E-state index is 12.5. The highest BCUT2D eigenvalue weighted by Crippen LogP contribution is 2.24. The summed E-state index contributed by atoms with van der Waals surface area (Å²) in [6.07, 6.45) is 6.42. The fourth-order valence-corrected chi connectivity index (χ4v) is 4.27. The molecule has 0 heterocycles. The smallest absolute Gasteiger partial charge is 0.243 e. The molecule has 0 radical (unpaired) electrons. The lowest BCUT2D eigenvalue weighted by atomic mass is 9.95. The molecule has 1 aromatic rings. The summed E-state index contributed by atoms with van der Waals surface area (Å²) in [5.74, 6) is -0.266. The third-order valence-corrected chi connectivity index (χ3v) is 5.61. The van der Waals surface area contributed by atoms with Gasteiger partial charge in [0, 0.05) is 11.1 Å². The number of halogens is 1. The third kappa shape index (κ3) is 4.85. The molecule has 1 amide bonds. The molecule has 0 bridgehead atoms. The van der Waals surface area contributed by atoms with Crippen LogP contribution in [-0.2, 0) is 14.8 Å². The Kier molecular flexibility index (Phi) is 5.92. The molecule has 1 N–H and O–H groups in total. The highest BCUT2D eigenvalue weighted by molar-refractivity contribution is 7.92. The van der Waals surface area contributed by atoms with E-state index in [1.807, 2.05) is 0 Å². The van der Waals surface area contributed by atoms with Gasteiger partial charge < -0.3 is 5.32 Å². The molecule has 2 rings (SSSR count). The van der Waals surface area contributed by atoms with E-state index in [1.165, 1.54) is 6.42 Å². The van der Waals surface area contributed by atoms with Gasteiger partial charge in [0.2, 0.25) is 15.9 Å². The standard InChI is InChI=1S/C16H23ClN2O3S/c1-12(16(20)18-14-6-4-3-5-7-14)19(23(2,21)22)15-10-8-13(17)9-11-15/h8-12,14H,3-7H2,1-2H3,(H,18,20)/t12-/m1/s1. The Hall–Kier alpha value is -1.27. The van der Waals surface area contributed by atoms with Gasteiger partial charge in [-0.05, 0) is 44.0 Å². The van der Waals surface area contributed by atoms with E-state index in [4.69, 9.17) is 11.6 Å². The van der Waals surface area contributed by atoms with Crippen LogP contribution in [0.3, 0.4) is 0 Å². The molecule has 1 fully saturated rings. The molecule has 0 aromatic heterocycles. The second-order valence-corrected chi connectivity index (χ2v) is 8.35. The Morgan fingerprint density at radius 3 is 2.30 bits per heavy atom. The zero-order chi connectivity index (χ0) is 17.0. The van der Waals surface area contributed by atoms with Crippen molar-refractivity contribution in [2.24, 2.45) is 0 Å². The van der Waals surface area contributed by atoms with E-state index in [-0.39, 0.29) is 11.9 Å². The summed E-state index contributed by atoms with van der Waals surface area (Å²) >= 11 is 5.85. The topological polar surface area (TPSA) is 66.5 Å². The quantitative estimate of drug-likeness (QED) is 0.880. The number of benzene rings is 1. The normalized spacial score (nSPS) is 17.5. The summed E-state index contributed by atoms with van der Waals surface area (Å²) in [5.41, 5.74) is 0.434. The van der Waals surface area contributed by atoms with Crippen molar-refractivity contribution in [3.63, 3.8) is 0 Å². The van der Waals surface area contributed by atoms with Crippen LogP contribution in [0.1, 0.15) is 39.0 Å². The van der Waals surface area contributed by atoms with Gasteiger partial charge in [-0.1, -0.05) is 30.9 Å². The average molecular weight is 359 g/mol. The number of hydrogen-bond donors (Lipinski definition) is 1. The second-order valence-electron chi connectivity index (χ2n) is 6.05. The van der Waals surface area contributed by atoms with Crippen molar-refractivity contribution in [2.75, 3.05) is 10.6 Å². The van der Waals surface area contributed by atoms with E-state index in [2.05, 4.69) is 5.32 Å². The fourth-order valence-electron chi connectivity index (χ4n) is 2.97. The first-order valence-electron chi connectivity index (χ1n) is 7.84. The molecule has 1 aliphatic carbocycles. The minimum atomic E-state index is -3.59. The van der Waals surface area contributed by atoms with Crippen LogP contribution in [0, 0.1) is 0 Å². The largest absolute Gasteiger partial charge is 0.352 e. The van der Waals surface area contributed by atoms with Crippen molar-refractivity contribution >= 4 is 33.2 Å². The van der Waals surface area contributed by atoms with Gasteiger partial charge in [0.25, 0.3) is 0 Å². The SMILES string of the molecule is C[C@H](C(=O)NC1CCCCC1)N(c1ccc(Cl)cc1)S(C)(=O)=O. The van der Waals surface area contributed by atoms with Gasteiger partial charge in [-0.15, -0.1) is 0 Å². The van der Waals surface area contributed by atoms with E-state index >= 15 is 0 Å². The molecule has 0 aliphatic heterocycles. The molecule has 0 unspecified atom stereocenters. The van der Waals surface area contributed by atoms with E-state index in [9.17, 15) is 13.2 Å². The Morgan fingerprint density at radius 1 is 1.22 bits per heavy atom. The summed E-state index contributed by atoms with van der Waals surface area (Å²) in [4.78, 5) is 12.5. The monoisotopic (exact) mass is 358 g/mol. The molecule has 0 saturated heterocycles. The van der Waals surface area contributed by atoms with E-state index in [1.54, 1.807) is 31.2 Å². The van der Waals surface area contributed by atoms with Gasteiger partial charge in [0.1, 0.15) is 6.04 Å². The number of rotatable bonds is 5. The number of amides is 1. The van der Waals surface area contributed by atoms with Crippen molar-refractivity contribution in [1.82, 2.24) is 5.32 Å². The maximum Gasteiger partial charge on any atom is 0.243 e. The number of nitrogens with zero attached hydrogens (tertiary/aromatic N) is 1. The minimum absolute atomic E-state index is 0.144. The Bertz CT molecular complexity index is 640. The van der Waals surface area contributed by atoms with Gasteiger partial charge in [0.15, 0.2) is 0 Å². The lowest BCUT2D eigenvalue weighted by Crippen LogP contribution is -2.50. The van der Waals surface area contributed by atoms with Crippen molar-refractivity contribution in [2.45, 2.75) is 51.1 Å². The van der Waals surface area contributed by atoms with Crippen LogP contribution in [0.15, 0.2) is 24.3 Å².